The average molecular weight is 407 g/mol. The minimum absolute atomic E-state index is 0.140. The molecule has 29 heavy (non-hydrogen) atoms. The van der Waals surface area contributed by atoms with Gasteiger partial charge in [0.25, 0.3) is 0 Å². The highest BCUT2D eigenvalue weighted by Gasteiger charge is 2.08. The summed E-state index contributed by atoms with van der Waals surface area (Å²) >= 11 is 0. The average Bonchev–Trinajstić information content (AvgIpc) is 2.70. The van der Waals surface area contributed by atoms with Gasteiger partial charge < -0.3 is 24.4 Å². The molecular weight excluding hydrogens is 380 g/mol. The van der Waals surface area contributed by atoms with Crippen molar-refractivity contribution in [2.75, 3.05) is 34.4 Å². The second-order valence-electron chi connectivity index (χ2n) is 6.27. The highest BCUT2D eigenvalue weighted by atomic mass is 19.3. The molecule has 0 heterocycles. The lowest BCUT2D eigenvalue weighted by atomic mass is 10.2. The quantitative estimate of drug-likeness (QED) is 0.371. The fourth-order valence-electron chi connectivity index (χ4n) is 2.68. The van der Waals surface area contributed by atoms with E-state index in [1.54, 1.807) is 26.3 Å². The van der Waals surface area contributed by atoms with Crippen LogP contribution in [0, 0.1) is 0 Å². The van der Waals surface area contributed by atoms with E-state index in [-0.39, 0.29) is 5.75 Å². The number of nitrogens with one attached hydrogen (secondary N) is 1. The van der Waals surface area contributed by atoms with Gasteiger partial charge in [0.15, 0.2) is 5.96 Å². The predicted molar refractivity (Wildman–Crippen MR) is 109 cm³/mol. The number of ether oxygens (including phenoxy) is 3. The Morgan fingerprint density at radius 1 is 1.07 bits per heavy atom. The summed E-state index contributed by atoms with van der Waals surface area (Å²) in [5.74, 6) is 1.64. The van der Waals surface area contributed by atoms with Crippen molar-refractivity contribution in [2.45, 2.75) is 19.7 Å². The topological polar surface area (TPSA) is 55.3 Å². The normalized spacial score (nSPS) is 11.4. The summed E-state index contributed by atoms with van der Waals surface area (Å²) in [6.45, 7) is -0.641. The summed E-state index contributed by atoms with van der Waals surface area (Å²) in [5.41, 5.74) is 2.01. The van der Waals surface area contributed by atoms with Gasteiger partial charge in [-0.25, -0.2) is 0 Å². The largest absolute Gasteiger partial charge is 0.491 e. The molecule has 6 nitrogen and oxygen atoms in total. The van der Waals surface area contributed by atoms with Gasteiger partial charge in [0.1, 0.15) is 18.1 Å². The fourth-order valence-corrected chi connectivity index (χ4v) is 2.68. The van der Waals surface area contributed by atoms with Gasteiger partial charge in [0, 0.05) is 34.3 Å². The Hall–Kier alpha value is -2.87. The zero-order chi connectivity index (χ0) is 21.1. The molecule has 0 unspecified atom stereocenters. The molecule has 0 aliphatic rings. The third kappa shape index (κ3) is 7.95. The Balaban J connectivity index is 1.88. The van der Waals surface area contributed by atoms with Crippen molar-refractivity contribution in [3.63, 3.8) is 0 Å². The van der Waals surface area contributed by atoms with Crippen LogP contribution in [0.2, 0.25) is 0 Å². The Bertz CT molecular complexity index is 770. The highest BCUT2D eigenvalue weighted by Crippen LogP contribution is 2.16. The highest BCUT2D eigenvalue weighted by molar-refractivity contribution is 5.79. The van der Waals surface area contributed by atoms with E-state index in [9.17, 15) is 8.78 Å². The molecule has 0 saturated heterocycles. The molecular formula is C21H27F2N3O3. The van der Waals surface area contributed by atoms with Crippen LogP contribution in [0.1, 0.15) is 11.1 Å². The van der Waals surface area contributed by atoms with Gasteiger partial charge in [0.2, 0.25) is 0 Å². The van der Waals surface area contributed by atoms with E-state index in [1.165, 1.54) is 12.1 Å². The van der Waals surface area contributed by atoms with Crippen molar-refractivity contribution >= 4 is 5.96 Å². The summed E-state index contributed by atoms with van der Waals surface area (Å²) in [4.78, 5) is 6.25. The third-order valence-corrected chi connectivity index (χ3v) is 4.05. The van der Waals surface area contributed by atoms with Crippen LogP contribution in [-0.2, 0) is 17.8 Å². The van der Waals surface area contributed by atoms with Crippen LogP contribution in [0.15, 0.2) is 53.5 Å². The van der Waals surface area contributed by atoms with Crippen molar-refractivity contribution < 1.29 is 23.0 Å². The van der Waals surface area contributed by atoms with Crippen LogP contribution in [-0.4, -0.2) is 51.9 Å². The molecule has 2 aromatic rings. The zero-order valence-corrected chi connectivity index (χ0v) is 16.9. The number of rotatable bonds is 10. The first kappa shape index (κ1) is 22.4. The lowest BCUT2D eigenvalue weighted by molar-refractivity contribution is -0.0498. The van der Waals surface area contributed by atoms with Crippen LogP contribution in [0.3, 0.4) is 0 Å². The van der Waals surface area contributed by atoms with Gasteiger partial charge in [-0.1, -0.05) is 24.3 Å². The molecule has 0 spiro atoms. The van der Waals surface area contributed by atoms with Crippen LogP contribution >= 0.6 is 0 Å². The van der Waals surface area contributed by atoms with E-state index in [1.807, 2.05) is 36.2 Å². The molecule has 0 aromatic heterocycles. The van der Waals surface area contributed by atoms with E-state index in [4.69, 9.17) is 9.47 Å². The number of methoxy groups -OCH3 is 1. The molecule has 1 N–H and O–H groups in total. The Morgan fingerprint density at radius 2 is 1.83 bits per heavy atom. The number of benzene rings is 2. The lowest BCUT2D eigenvalue weighted by Crippen LogP contribution is -2.38. The number of nitrogens with zero attached hydrogens (tertiary/aromatic N) is 2. The van der Waals surface area contributed by atoms with E-state index in [0.29, 0.717) is 32.3 Å². The van der Waals surface area contributed by atoms with Crippen molar-refractivity contribution in [1.29, 1.82) is 0 Å². The van der Waals surface area contributed by atoms with Crippen molar-refractivity contribution in [3.05, 3.63) is 59.7 Å². The van der Waals surface area contributed by atoms with Gasteiger partial charge in [-0.2, -0.15) is 8.78 Å². The minimum Gasteiger partial charge on any atom is -0.491 e. The maximum atomic E-state index is 12.2. The maximum Gasteiger partial charge on any atom is 0.387 e. The fraction of sp³-hybridized carbons (Fsp3) is 0.381. The molecule has 0 amide bonds. The van der Waals surface area contributed by atoms with Crippen LogP contribution in [0.25, 0.3) is 0 Å². The first-order valence-electron chi connectivity index (χ1n) is 9.18. The molecule has 0 aliphatic heterocycles. The molecule has 0 aliphatic carbocycles. The van der Waals surface area contributed by atoms with E-state index in [2.05, 4.69) is 15.0 Å². The van der Waals surface area contributed by atoms with Gasteiger partial charge in [-0.3, -0.25) is 4.99 Å². The monoisotopic (exact) mass is 407 g/mol. The van der Waals surface area contributed by atoms with Gasteiger partial charge in [-0.15, -0.1) is 0 Å². The SMILES string of the molecule is CN=C(NCc1cccc(OCCOC)c1)N(C)Cc1ccc(OC(F)F)cc1. The Labute approximate surface area is 170 Å². The summed E-state index contributed by atoms with van der Waals surface area (Å²) < 4.78 is 39.5. The van der Waals surface area contributed by atoms with Gasteiger partial charge in [0.05, 0.1) is 6.61 Å². The molecule has 0 saturated carbocycles. The maximum absolute atomic E-state index is 12.2. The summed E-state index contributed by atoms with van der Waals surface area (Å²) in [5, 5.41) is 3.31. The third-order valence-electron chi connectivity index (χ3n) is 4.05. The molecule has 0 atom stereocenters. The number of halogens is 2. The van der Waals surface area contributed by atoms with Gasteiger partial charge in [-0.05, 0) is 35.4 Å². The van der Waals surface area contributed by atoms with E-state index >= 15 is 0 Å². The second kappa shape index (κ2) is 11.9. The van der Waals surface area contributed by atoms with Crippen molar-refractivity contribution in [1.82, 2.24) is 10.2 Å². The van der Waals surface area contributed by atoms with E-state index in [0.717, 1.165) is 16.9 Å². The summed E-state index contributed by atoms with van der Waals surface area (Å²) in [7, 11) is 5.25. The summed E-state index contributed by atoms with van der Waals surface area (Å²) in [6.07, 6.45) is 0. The first-order valence-corrected chi connectivity index (χ1v) is 9.18. The van der Waals surface area contributed by atoms with Crippen LogP contribution in [0.5, 0.6) is 11.5 Å². The predicted octanol–water partition coefficient (Wildman–Crippen LogP) is 3.52. The lowest BCUT2D eigenvalue weighted by Gasteiger charge is -2.22. The Kier molecular flexibility index (Phi) is 9.17. The molecule has 8 heteroatoms. The van der Waals surface area contributed by atoms with Crippen LogP contribution < -0.4 is 14.8 Å². The minimum atomic E-state index is -2.82. The molecule has 0 radical (unpaired) electrons. The molecule has 2 rings (SSSR count). The van der Waals surface area contributed by atoms with E-state index < -0.39 is 6.61 Å². The van der Waals surface area contributed by atoms with Crippen molar-refractivity contribution in [3.8, 4) is 11.5 Å². The number of alkyl halides is 2. The Morgan fingerprint density at radius 3 is 2.48 bits per heavy atom. The molecule has 2 aromatic carbocycles. The molecule has 0 bridgehead atoms. The number of guanidine groups is 1. The summed E-state index contributed by atoms with van der Waals surface area (Å²) in [6, 6.07) is 14.4. The van der Waals surface area contributed by atoms with Gasteiger partial charge >= 0.3 is 6.61 Å². The second-order valence-corrected chi connectivity index (χ2v) is 6.27. The van der Waals surface area contributed by atoms with Crippen LogP contribution in [0.4, 0.5) is 8.78 Å². The number of aliphatic imine (C=N–C) groups is 1. The van der Waals surface area contributed by atoms with Crippen molar-refractivity contribution in [2.24, 2.45) is 4.99 Å². The molecule has 0 fully saturated rings. The zero-order valence-electron chi connectivity index (χ0n) is 16.9. The number of hydrogen-bond donors (Lipinski definition) is 1. The standard InChI is InChI=1S/C21H27F2N3O3/c1-24-21(25-14-17-5-4-6-19(13-17)28-12-11-27-3)26(2)15-16-7-9-18(10-8-16)29-20(22)23/h4-10,13,20H,11-12,14-15H2,1-3H3,(H,24,25). The smallest absolute Gasteiger partial charge is 0.387 e. The first-order chi connectivity index (χ1) is 14.0. The molecule has 158 valence electrons. The number of hydrogen-bond acceptors (Lipinski definition) is 4.